The summed E-state index contributed by atoms with van der Waals surface area (Å²) in [4.78, 5) is 9.73. The van der Waals surface area contributed by atoms with Crippen molar-refractivity contribution in [2.75, 3.05) is 0 Å². The van der Waals surface area contributed by atoms with Gasteiger partial charge in [0.15, 0.2) is 0 Å². The third-order valence-electron chi connectivity index (χ3n) is 2.46. The summed E-state index contributed by atoms with van der Waals surface area (Å²) in [5.74, 6) is 1.40. The molecule has 1 atom stereocenters. The highest BCUT2D eigenvalue weighted by Crippen LogP contribution is 2.65. The fourth-order valence-corrected chi connectivity index (χ4v) is 8.78. The maximum atomic E-state index is 11.9. The third kappa shape index (κ3) is 7.51. The van der Waals surface area contributed by atoms with E-state index in [0.717, 1.165) is 38.4 Å². The van der Waals surface area contributed by atoms with Crippen molar-refractivity contribution in [3.05, 3.63) is 71.8 Å². The molecule has 2 rings (SSSR count). The quantitative estimate of drug-likeness (QED) is 0.237. The molecule has 118 valence electrons. The van der Waals surface area contributed by atoms with Crippen LogP contribution in [0.2, 0.25) is 0 Å². The molecule has 0 fully saturated rings. The van der Waals surface area contributed by atoms with Gasteiger partial charge in [0.2, 0.25) is 0 Å². The highest BCUT2D eigenvalue weighted by atomic mass is 33.3. The van der Waals surface area contributed by atoms with Crippen LogP contribution >= 0.6 is 49.9 Å². The van der Waals surface area contributed by atoms with E-state index in [0.29, 0.717) is 5.75 Å². The number of hydrogen-bond acceptors (Lipinski definition) is 6. The van der Waals surface area contributed by atoms with Crippen LogP contribution in [0.1, 0.15) is 11.1 Å². The van der Waals surface area contributed by atoms with E-state index in [-0.39, 0.29) is 0 Å². The molecular weight excluding hydrogens is 375 g/mol. The molecule has 0 heterocycles. The van der Waals surface area contributed by atoms with Gasteiger partial charge < -0.3 is 4.89 Å². The monoisotopic (exact) mass is 390 g/mol. The smallest absolute Gasteiger partial charge is 0.315 e. The first-order chi connectivity index (χ1) is 10.7. The molecule has 0 saturated carbocycles. The molecule has 2 aromatic carbocycles. The lowest BCUT2D eigenvalue weighted by Gasteiger charge is -2.08. The zero-order valence-corrected chi connectivity index (χ0v) is 15.7. The summed E-state index contributed by atoms with van der Waals surface area (Å²) in [6, 6.07) is 19.7. The van der Waals surface area contributed by atoms with E-state index < -0.39 is 6.80 Å². The Morgan fingerprint density at radius 3 is 1.91 bits per heavy atom. The standard InChI is InChI=1S/C14H15O3PS4/c15-18(16,22-20-12-14-9-5-2-6-10-14)17-21-19-11-13-7-3-1-4-8-13/h1-10H,11-12H2,(H,15,16). The summed E-state index contributed by atoms with van der Waals surface area (Å²) >= 11 is 0.971. The lowest BCUT2D eigenvalue weighted by Crippen LogP contribution is -1.78. The van der Waals surface area contributed by atoms with Crippen molar-refractivity contribution in [3.8, 4) is 0 Å². The minimum Gasteiger partial charge on any atom is -0.315 e. The van der Waals surface area contributed by atoms with E-state index in [1.54, 1.807) is 0 Å². The van der Waals surface area contributed by atoms with E-state index in [9.17, 15) is 9.46 Å². The zero-order valence-electron chi connectivity index (χ0n) is 11.5. The van der Waals surface area contributed by atoms with Crippen LogP contribution in [-0.2, 0) is 20.0 Å². The molecular formula is C14H15O3PS4. The fourth-order valence-electron chi connectivity index (χ4n) is 1.47. The molecule has 22 heavy (non-hydrogen) atoms. The summed E-state index contributed by atoms with van der Waals surface area (Å²) in [5.41, 5.74) is 2.27. The van der Waals surface area contributed by atoms with Crippen LogP contribution in [0, 0.1) is 0 Å². The van der Waals surface area contributed by atoms with Crippen LogP contribution in [0.4, 0.5) is 0 Å². The fraction of sp³-hybridized carbons (Fsp3) is 0.143. The van der Waals surface area contributed by atoms with Gasteiger partial charge in [-0.3, -0.25) is 0 Å². The summed E-state index contributed by atoms with van der Waals surface area (Å²) in [5, 5.41) is 0. The van der Waals surface area contributed by atoms with Gasteiger partial charge in [-0.1, -0.05) is 82.3 Å². The number of rotatable bonds is 9. The first-order valence-corrected chi connectivity index (χ1v) is 13.1. The summed E-state index contributed by atoms with van der Waals surface area (Å²) in [7, 11) is 3.62. The van der Waals surface area contributed by atoms with E-state index in [2.05, 4.69) is 0 Å². The maximum Gasteiger partial charge on any atom is 0.408 e. The Kier molecular flexibility index (Phi) is 8.32. The van der Waals surface area contributed by atoms with Gasteiger partial charge in [-0.25, -0.2) is 8.54 Å². The molecule has 0 aliphatic carbocycles. The second-order valence-electron chi connectivity index (χ2n) is 4.18. The first-order valence-electron chi connectivity index (χ1n) is 6.35. The van der Waals surface area contributed by atoms with Crippen LogP contribution in [0.25, 0.3) is 0 Å². The van der Waals surface area contributed by atoms with Gasteiger partial charge in [0.05, 0.1) is 11.1 Å². The van der Waals surface area contributed by atoms with Crippen molar-refractivity contribution in [2.45, 2.75) is 11.5 Å². The van der Waals surface area contributed by atoms with Gasteiger partial charge in [0.25, 0.3) is 0 Å². The first kappa shape index (κ1) is 18.3. The van der Waals surface area contributed by atoms with E-state index in [1.165, 1.54) is 21.6 Å². The van der Waals surface area contributed by atoms with Crippen LogP contribution in [0.3, 0.4) is 0 Å². The van der Waals surface area contributed by atoms with Gasteiger partial charge in [-0.05, 0) is 11.1 Å². The third-order valence-corrected chi connectivity index (χ3v) is 10.4. The van der Waals surface area contributed by atoms with Gasteiger partial charge >= 0.3 is 6.80 Å². The Balaban J connectivity index is 1.62. The lowest BCUT2D eigenvalue weighted by molar-refractivity contribution is 0.427. The van der Waals surface area contributed by atoms with Crippen LogP contribution < -0.4 is 0 Å². The highest BCUT2D eigenvalue weighted by Gasteiger charge is 2.22. The molecule has 8 heteroatoms. The summed E-state index contributed by atoms with van der Waals surface area (Å²) in [6.45, 7) is -3.63. The Morgan fingerprint density at radius 1 is 0.864 bits per heavy atom. The second kappa shape index (κ2) is 9.98. The van der Waals surface area contributed by atoms with Gasteiger partial charge in [-0.15, -0.1) is 0 Å². The SMILES string of the molecule is O=P(O)(OSSCc1ccccc1)SSCc1ccccc1. The zero-order chi connectivity index (χ0) is 15.7. The van der Waals surface area contributed by atoms with Crippen molar-refractivity contribution >= 4 is 49.9 Å². The summed E-state index contributed by atoms with van der Waals surface area (Å²) < 4.78 is 16.9. The predicted octanol–water partition coefficient (Wildman–Crippen LogP) is 6.18. The van der Waals surface area contributed by atoms with E-state index >= 15 is 0 Å². The average Bonchev–Trinajstić information content (AvgIpc) is 2.53. The molecule has 0 bridgehead atoms. The largest absolute Gasteiger partial charge is 0.408 e. The molecule has 0 aliphatic heterocycles. The summed E-state index contributed by atoms with van der Waals surface area (Å²) in [6.07, 6.45) is 0. The predicted molar refractivity (Wildman–Crippen MR) is 102 cm³/mol. The van der Waals surface area contributed by atoms with E-state index in [1.807, 2.05) is 60.7 Å². The van der Waals surface area contributed by atoms with Gasteiger partial charge in [0.1, 0.15) is 0 Å². The van der Waals surface area contributed by atoms with Crippen LogP contribution in [-0.4, -0.2) is 4.89 Å². The Bertz CT molecular complexity index is 598. The van der Waals surface area contributed by atoms with Crippen LogP contribution in [0.5, 0.6) is 0 Å². The van der Waals surface area contributed by atoms with Gasteiger partial charge in [0, 0.05) is 21.9 Å². The van der Waals surface area contributed by atoms with Gasteiger partial charge in [-0.2, -0.15) is 0 Å². The van der Waals surface area contributed by atoms with Crippen LogP contribution in [0.15, 0.2) is 60.7 Å². The minimum atomic E-state index is -3.63. The Labute approximate surface area is 146 Å². The van der Waals surface area contributed by atoms with E-state index in [4.69, 9.17) is 3.97 Å². The lowest BCUT2D eigenvalue weighted by atomic mass is 10.2. The highest BCUT2D eigenvalue weighted by molar-refractivity contribution is 8.99. The maximum absolute atomic E-state index is 11.9. The number of benzene rings is 2. The van der Waals surface area contributed by atoms with Crippen molar-refractivity contribution < 1.29 is 13.4 Å². The molecule has 0 amide bonds. The topological polar surface area (TPSA) is 46.5 Å². The molecule has 0 aliphatic rings. The van der Waals surface area contributed by atoms with Crippen molar-refractivity contribution in [2.24, 2.45) is 0 Å². The van der Waals surface area contributed by atoms with Crippen molar-refractivity contribution in [3.63, 3.8) is 0 Å². The minimum absolute atomic E-state index is 0.668. The molecule has 1 unspecified atom stereocenters. The number of hydrogen-bond donors (Lipinski definition) is 1. The Morgan fingerprint density at radius 2 is 1.36 bits per heavy atom. The molecule has 1 N–H and O–H groups in total. The van der Waals surface area contributed by atoms with Crippen molar-refractivity contribution in [1.82, 2.24) is 0 Å². The normalized spacial score (nSPS) is 13.7. The molecule has 0 spiro atoms. The van der Waals surface area contributed by atoms with Crippen molar-refractivity contribution in [1.29, 1.82) is 0 Å². The molecule has 3 nitrogen and oxygen atoms in total. The Hall–Kier alpha value is -0.0100. The molecule has 0 aromatic heterocycles. The molecule has 2 aromatic rings. The molecule has 0 saturated heterocycles. The second-order valence-corrected chi connectivity index (χ2v) is 12.0. The molecule has 0 radical (unpaired) electrons. The average molecular weight is 391 g/mol.